The summed E-state index contributed by atoms with van der Waals surface area (Å²) in [4.78, 5) is 0. The van der Waals surface area contributed by atoms with Gasteiger partial charge in [-0.15, -0.1) is 0 Å². The largest absolute Gasteiger partial charge is 0.320 e. The molecule has 0 aliphatic heterocycles. The van der Waals surface area contributed by atoms with Gasteiger partial charge in [-0.1, -0.05) is 29.3 Å². The summed E-state index contributed by atoms with van der Waals surface area (Å²) in [6.07, 6.45) is 0. The van der Waals surface area contributed by atoms with Gasteiger partial charge in [0.15, 0.2) is 0 Å². The minimum atomic E-state index is -0.607. The Morgan fingerprint density at radius 2 is 1.22 bits per heavy atom. The van der Waals surface area contributed by atoms with Crippen LogP contribution < -0.4 is 5.73 Å². The fraction of sp³-hybridized carbons (Fsp3) is 0.200. The Balaban J connectivity index is 2.43. The molecule has 0 heterocycles. The van der Waals surface area contributed by atoms with Gasteiger partial charge in [-0.2, -0.15) is 0 Å². The molecule has 2 aromatic carbocycles. The SMILES string of the molecule is Cc1cc(C)cc(C(N)c2cc(F)cc(F)c2)c1. The van der Waals surface area contributed by atoms with Gasteiger partial charge in [-0.05, 0) is 37.1 Å². The number of halogens is 2. The molecular formula is C15H15F2N. The molecule has 0 radical (unpaired) electrons. The van der Waals surface area contributed by atoms with Gasteiger partial charge >= 0.3 is 0 Å². The third-order valence-corrected chi connectivity index (χ3v) is 2.85. The van der Waals surface area contributed by atoms with Gasteiger partial charge in [0.1, 0.15) is 11.6 Å². The van der Waals surface area contributed by atoms with Crippen LogP contribution in [0.1, 0.15) is 28.3 Å². The van der Waals surface area contributed by atoms with E-state index < -0.39 is 17.7 Å². The number of benzene rings is 2. The quantitative estimate of drug-likeness (QED) is 0.861. The molecule has 0 saturated carbocycles. The first-order valence-corrected chi connectivity index (χ1v) is 5.75. The van der Waals surface area contributed by atoms with Crippen molar-refractivity contribution in [1.29, 1.82) is 0 Å². The van der Waals surface area contributed by atoms with Crippen molar-refractivity contribution >= 4 is 0 Å². The van der Waals surface area contributed by atoms with Gasteiger partial charge < -0.3 is 5.73 Å². The molecule has 2 N–H and O–H groups in total. The zero-order valence-electron chi connectivity index (χ0n) is 10.4. The van der Waals surface area contributed by atoms with Crippen molar-refractivity contribution in [2.45, 2.75) is 19.9 Å². The highest BCUT2D eigenvalue weighted by molar-refractivity contribution is 5.36. The van der Waals surface area contributed by atoms with Crippen LogP contribution in [0.4, 0.5) is 8.78 Å². The second-order valence-electron chi connectivity index (χ2n) is 4.60. The molecule has 2 aromatic rings. The zero-order chi connectivity index (χ0) is 13.3. The summed E-state index contributed by atoms with van der Waals surface area (Å²) in [5.74, 6) is -1.21. The van der Waals surface area contributed by atoms with Crippen LogP contribution in [0, 0.1) is 25.5 Å². The van der Waals surface area contributed by atoms with Crippen molar-refractivity contribution in [2.24, 2.45) is 5.73 Å². The summed E-state index contributed by atoms with van der Waals surface area (Å²) in [6, 6.07) is 8.76. The Hall–Kier alpha value is -1.74. The lowest BCUT2D eigenvalue weighted by molar-refractivity contribution is 0.577. The van der Waals surface area contributed by atoms with E-state index in [-0.39, 0.29) is 0 Å². The summed E-state index contributed by atoms with van der Waals surface area (Å²) in [5, 5.41) is 0. The maximum Gasteiger partial charge on any atom is 0.126 e. The Morgan fingerprint density at radius 3 is 1.72 bits per heavy atom. The van der Waals surface area contributed by atoms with E-state index in [1.165, 1.54) is 12.1 Å². The van der Waals surface area contributed by atoms with Gasteiger partial charge in [0.25, 0.3) is 0 Å². The Kier molecular flexibility index (Phi) is 3.43. The molecule has 18 heavy (non-hydrogen) atoms. The molecule has 2 rings (SSSR count). The van der Waals surface area contributed by atoms with Crippen LogP contribution in [-0.2, 0) is 0 Å². The Bertz CT molecular complexity index is 487. The minimum Gasteiger partial charge on any atom is -0.320 e. The molecule has 1 atom stereocenters. The molecule has 0 aliphatic rings. The fourth-order valence-corrected chi connectivity index (χ4v) is 2.14. The first kappa shape index (κ1) is 12.7. The topological polar surface area (TPSA) is 26.0 Å². The second kappa shape index (κ2) is 4.86. The molecule has 0 amide bonds. The van der Waals surface area contributed by atoms with Gasteiger partial charge in [-0.3, -0.25) is 0 Å². The summed E-state index contributed by atoms with van der Waals surface area (Å²) in [6.45, 7) is 3.94. The molecule has 94 valence electrons. The summed E-state index contributed by atoms with van der Waals surface area (Å²) in [7, 11) is 0. The molecule has 0 fully saturated rings. The summed E-state index contributed by atoms with van der Waals surface area (Å²) < 4.78 is 26.3. The van der Waals surface area contributed by atoms with Gasteiger partial charge in [-0.25, -0.2) is 8.78 Å². The number of rotatable bonds is 2. The average Bonchev–Trinajstić information content (AvgIpc) is 2.25. The van der Waals surface area contributed by atoms with E-state index in [0.29, 0.717) is 5.56 Å². The molecule has 3 heteroatoms. The molecule has 0 bridgehead atoms. The van der Waals surface area contributed by atoms with Crippen LogP contribution >= 0.6 is 0 Å². The van der Waals surface area contributed by atoms with Crippen molar-refractivity contribution in [1.82, 2.24) is 0 Å². The third kappa shape index (κ3) is 2.74. The van der Waals surface area contributed by atoms with Gasteiger partial charge in [0, 0.05) is 6.07 Å². The maximum atomic E-state index is 13.2. The van der Waals surface area contributed by atoms with Crippen LogP contribution in [0.5, 0.6) is 0 Å². The van der Waals surface area contributed by atoms with Crippen molar-refractivity contribution in [3.05, 3.63) is 70.3 Å². The van der Waals surface area contributed by atoms with Gasteiger partial charge in [0.05, 0.1) is 6.04 Å². The van der Waals surface area contributed by atoms with E-state index in [0.717, 1.165) is 22.8 Å². The normalized spacial score (nSPS) is 12.5. The lowest BCUT2D eigenvalue weighted by atomic mass is 9.96. The highest BCUT2D eigenvalue weighted by Gasteiger charge is 2.12. The van der Waals surface area contributed by atoms with Crippen molar-refractivity contribution in [3.63, 3.8) is 0 Å². The number of nitrogens with two attached hydrogens (primary N) is 1. The number of hydrogen-bond acceptors (Lipinski definition) is 1. The van der Waals surface area contributed by atoms with Crippen LogP contribution in [0.2, 0.25) is 0 Å². The third-order valence-electron chi connectivity index (χ3n) is 2.85. The maximum absolute atomic E-state index is 13.2. The molecule has 0 saturated heterocycles. The second-order valence-corrected chi connectivity index (χ2v) is 4.60. The van der Waals surface area contributed by atoms with Crippen LogP contribution in [0.25, 0.3) is 0 Å². The smallest absolute Gasteiger partial charge is 0.126 e. The lowest BCUT2D eigenvalue weighted by Gasteiger charge is -2.14. The van der Waals surface area contributed by atoms with E-state index in [1.807, 2.05) is 32.0 Å². The molecule has 0 aromatic heterocycles. The fourth-order valence-electron chi connectivity index (χ4n) is 2.14. The first-order chi connectivity index (χ1) is 8.45. The monoisotopic (exact) mass is 247 g/mol. The molecule has 0 aliphatic carbocycles. The van der Waals surface area contributed by atoms with Crippen molar-refractivity contribution in [3.8, 4) is 0 Å². The summed E-state index contributed by atoms with van der Waals surface area (Å²) >= 11 is 0. The van der Waals surface area contributed by atoms with Crippen molar-refractivity contribution in [2.75, 3.05) is 0 Å². The highest BCUT2D eigenvalue weighted by atomic mass is 19.1. The highest BCUT2D eigenvalue weighted by Crippen LogP contribution is 2.23. The van der Waals surface area contributed by atoms with E-state index >= 15 is 0 Å². The van der Waals surface area contributed by atoms with E-state index in [9.17, 15) is 8.78 Å². The number of aryl methyl sites for hydroxylation is 2. The van der Waals surface area contributed by atoms with Gasteiger partial charge in [0.2, 0.25) is 0 Å². The first-order valence-electron chi connectivity index (χ1n) is 5.75. The predicted molar refractivity (Wildman–Crippen MR) is 68.3 cm³/mol. The molecular weight excluding hydrogens is 232 g/mol. The van der Waals surface area contributed by atoms with E-state index in [1.54, 1.807) is 0 Å². The summed E-state index contributed by atoms with van der Waals surface area (Å²) in [5.41, 5.74) is 9.52. The van der Waals surface area contributed by atoms with Crippen molar-refractivity contribution < 1.29 is 8.78 Å². The standard InChI is InChI=1S/C15H15F2N/c1-9-3-10(2)5-11(4-9)15(18)12-6-13(16)8-14(17)7-12/h3-8,15H,18H2,1-2H3. The molecule has 0 spiro atoms. The van der Waals surface area contributed by atoms with Crippen LogP contribution in [0.3, 0.4) is 0 Å². The predicted octanol–water partition coefficient (Wildman–Crippen LogP) is 3.63. The molecule has 1 nitrogen and oxygen atoms in total. The Morgan fingerprint density at radius 1 is 0.778 bits per heavy atom. The van der Waals surface area contributed by atoms with Crippen LogP contribution in [-0.4, -0.2) is 0 Å². The molecule has 1 unspecified atom stereocenters. The average molecular weight is 247 g/mol. The van der Waals surface area contributed by atoms with E-state index in [4.69, 9.17) is 5.73 Å². The van der Waals surface area contributed by atoms with Crippen LogP contribution in [0.15, 0.2) is 36.4 Å². The Labute approximate surface area is 105 Å². The van der Waals surface area contributed by atoms with E-state index in [2.05, 4.69) is 0 Å². The minimum absolute atomic E-state index is 0.442. The zero-order valence-corrected chi connectivity index (χ0v) is 10.4. The lowest BCUT2D eigenvalue weighted by Crippen LogP contribution is -2.13. The number of hydrogen-bond donors (Lipinski definition) is 1.